The fraction of sp³-hybridized carbons (Fsp3) is 0.529. The van der Waals surface area contributed by atoms with Gasteiger partial charge in [0.05, 0.1) is 19.3 Å². The summed E-state index contributed by atoms with van der Waals surface area (Å²) in [4.78, 5) is 27.6. The summed E-state index contributed by atoms with van der Waals surface area (Å²) in [6.07, 6.45) is 2.33. The lowest BCUT2D eigenvalue weighted by atomic mass is 10.2. The summed E-state index contributed by atoms with van der Waals surface area (Å²) in [6, 6.07) is 8.03. The number of nitrogens with zero attached hydrogens (tertiary/aromatic N) is 2. The van der Waals surface area contributed by atoms with Crippen molar-refractivity contribution in [2.24, 2.45) is 0 Å². The molecule has 6 nitrogen and oxygen atoms in total. The maximum Gasteiger partial charge on any atom is 0.239 e. The Bertz CT molecular complexity index is 590. The van der Waals surface area contributed by atoms with E-state index in [9.17, 15) is 9.59 Å². The summed E-state index contributed by atoms with van der Waals surface area (Å²) in [5.74, 6) is 0.872. The molecular formula is C17H23N3O3. The van der Waals surface area contributed by atoms with Crippen molar-refractivity contribution in [2.45, 2.75) is 25.3 Å². The van der Waals surface area contributed by atoms with Gasteiger partial charge in [0, 0.05) is 32.1 Å². The first kappa shape index (κ1) is 15.6. The third kappa shape index (κ3) is 3.57. The van der Waals surface area contributed by atoms with Gasteiger partial charge in [-0.15, -0.1) is 0 Å². The molecule has 2 aliphatic heterocycles. The second kappa shape index (κ2) is 6.89. The van der Waals surface area contributed by atoms with Crippen molar-refractivity contribution in [3.63, 3.8) is 0 Å². The molecule has 2 saturated heterocycles. The molecular weight excluding hydrogens is 294 g/mol. The minimum Gasteiger partial charge on any atom is -0.495 e. The zero-order valence-corrected chi connectivity index (χ0v) is 13.5. The second-order valence-electron chi connectivity index (χ2n) is 6.09. The van der Waals surface area contributed by atoms with Gasteiger partial charge in [-0.25, -0.2) is 0 Å². The van der Waals surface area contributed by atoms with Gasteiger partial charge in [-0.05, 0) is 25.0 Å². The van der Waals surface area contributed by atoms with Crippen molar-refractivity contribution >= 4 is 17.5 Å². The third-order valence-electron chi connectivity index (χ3n) is 4.49. The van der Waals surface area contributed by atoms with Gasteiger partial charge in [0.1, 0.15) is 5.75 Å². The molecule has 0 aliphatic carbocycles. The standard InChI is InChI=1S/C17H23N3O3/c1-23-15-6-3-2-5-14(15)19-10-8-13(11-19)18-16(21)12-20-9-4-7-17(20)22/h2-3,5-6,13H,4,7-12H2,1H3,(H,18,21). The minimum absolute atomic E-state index is 0.0628. The average molecular weight is 317 g/mol. The summed E-state index contributed by atoms with van der Waals surface area (Å²) in [7, 11) is 1.67. The largest absolute Gasteiger partial charge is 0.495 e. The van der Waals surface area contributed by atoms with E-state index < -0.39 is 0 Å². The molecule has 1 unspecified atom stereocenters. The monoisotopic (exact) mass is 317 g/mol. The number of ether oxygens (including phenoxy) is 1. The van der Waals surface area contributed by atoms with Gasteiger partial charge in [0.2, 0.25) is 11.8 Å². The molecule has 0 bridgehead atoms. The van der Waals surface area contributed by atoms with E-state index >= 15 is 0 Å². The summed E-state index contributed by atoms with van der Waals surface area (Å²) < 4.78 is 5.40. The number of benzene rings is 1. The molecule has 2 heterocycles. The van der Waals surface area contributed by atoms with E-state index in [1.165, 1.54) is 0 Å². The van der Waals surface area contributed by atoms with Crippen LogP contribution in [0.25, 0.3) is 0 Å². The number of nitrogens with one attached hydrogen (secondary N) is 1. The number of carbonyl (C=O) groups excluding carboxylic acids is 2. The molecule has 2 amide bonds. The number of hydrogen-bond donors (Lipinski definition) is 1. The highest BCUT2D eigenvalue weighted by atomic mass is 16.5. The summed E-state index contributed by atoms with van der Waals surface area (Å²) in [5.41, 5.74) is 1.06. The van der Waals surface area contributed by atoms with Crippen molar-refractivity contribution in [2.75, 3.05) is 38.2 Å². The van der Waals surface area contributed by atoms with Gasteiger partial charge < -0.3 is 19.9 Å². The van der Waals surface area contributed by atoms with E-state index in [2.05, 4.69) is 10.2 Å². The zero-order chi connectivity index (χ0) is 16.2. The molecule has 1 aromatic carbocycles. The molecule has 1 atom stereocenters. The highest BCUT2D eigenvalue weighted by Crippen LogP contribution is 2.30. The molecule has 23 heavy (non-hydrogen) atoms. The molecule has 1 aromatic rings. The Balaban J connectivity index is 1.53. The van der Waals surface area contributed by atoms with Gasteiger partial charge in [0.15, 0.2) is 0 Å². The van der Waals surface area contributed by atoms with Gasteiger partial charge in [-0.1, -0.05) is 12.1 Å². The number of para-hydroxylation sites is 2. The van der Waals surface area contributed by atoms with Crippen molar-refractivity contribution < 1.29 is 14.3 Å². The normalized spacial score (nSPS) is 20.9. The number of anilines is 1. The van der Waals surface area contributed by atoms with Gasteiger partial charge >= 0.3 is 0 Å². The van der Waals surface area contributed by atoms with Crippen LogP contribution in [0.3, 0.4) is 0 Å². The van der Waals surface area contributed by atoms with Crippen LogP contribution in [0, 0.1) is 0 Å². The molecule has 1 N–H and O–H groups in total. The first-order valence-electron chi connectivity index (χ1n) is 8.12. The highest BCUT2D eigenvalue weighted by Gasteiger charge is 2.27. The Kier molecular flexibility index (Phi) is 4.69. The van der Waals surface area contributed by atoms with Crippen LogP contribution in [-0.2, 0) is 9.59 Å². The smallest absolute Gasteiger partial charge is 0.239 e. The molecule has 3 rings (SSSR count). The van der Waals surface area contributed by atoms with Crippen LogP contribution in [0.1, 0.15) is 19.3 Å². The van der Waals surface area contributed by atoms with Crippen LogP contribution in [0.4, 0.5) is 5.69 Å². The predicted molar refractivity (Wildman–Crippen MR) is 87.6 cm³/mol. The number of likely N-dealkylation sites (tertiary alicyclic amines) is 1. The first-order valence-corrected chi connectivity index (χ1v) is 8.12. The Labute approximate surface area is 136 Å². The fourth-order valence-corrected chi connectivity index (χ4v) is 3.31. The fourth-order valence-electron chi connectivity index (χ4n) is 3.31. The highest BCUT2D eigenvalue weighted by molar-refractivity contribution is 5.86. The second-order valence-corrected chi connectivity index (χ2v) is 6.09. The summed E-state index contributed by atoms with van der Waals surface area (Å²) in [6.45, 7) is 2.53. The molecule has 0 saturated carbocycles. The predicted octanol–water partition coefficient (Wildman–Crippen LogP) is 1.01. The van der Waals surface area contributed by atoms with Gasteiger partial charge in [-0.2, -0.15) is 0 Å². The molecule has 2 fully saturated rings. The lowest BCUT2D eigenvalue weighted by molar-refractivity contribution is -0.133. The van der Waals surface area contributed by atoms with Gasteiger partial charge in [0.25, 0.3) is 0 Å². The topological polar surface area (TPSA) is 61.9 Å². The van der Waals surface area contributed by atoms with Crippen LogP contribution >= 0.6 is 0 Å². The van der Waals surface area contributed by atoms with Crippen molar-refractivity contribution in [3.05, 3.63) is 24.3 Å². The Morgan fingerprint density at radius 2 is 2.17 bits per heavy atom. The number of carbonyl (C=O) groups is 2. The number of hydrogen-bond acceptors (Lipinski definition) is 4. The number of rotatable bonds is 5. The van der Waals surface area contributed by atoms with E-state index in [1.54, 1.807) is 12.0 Å². The zero-order valence-electron chi connectivity index (χ0n) is 13.5. The van der Waals surface area contributed by atoms with Gasteiger partial charge in [-0.3, -0.25) is 9.59 Å². The maximum atomic E-state index is 12.1. The Hall–Kier alpha value is -2.24. The Morgan fingerprint density at radius 3 is 2.91 bits per heavy atom. The minimum atomic E-state index is -0.0628. The van der Waals surface area contributed by atoms with E-state index in [4.69, 9.17) is 4.74 Å². The molecule has 0 radical (unpaired) electrons. The molecule has 0 aromatic heterocycles. The van der Waals surface area contributed by atoms with E-state index in [0.29, 0.717) is 13.0 Å². The summed E-state index contributed by atoms with van der Waals surface area (Å²) >= 11 is 0. The summed E-state index contributed by atoms with van der Waals surface area (Å²) in [5, 5.41) is 3.05. The van der Waals surface area contributed by atoms with Crippen molar-refractivity contribution in [1.29, 1.82) is 0 Å². The van der Waals surface area contributed by atoms with E-state index in [0.717, 1.165) is 37.4 Å². The average Bonchev–Trinajstić information content (AvgIpc) is 3.17. The van der Waals surface area contributed by atoms with E-state index in [1.807, 2.05) is 24.3 Å². The number of methoxy groups -OCH3 is 1. The van der Waals surface area contributed by atoms with E-state index in [-0.39, 0.29) is 24.4 Å². The Morgan fingerprint density at radius 1 is 1.35 bits per heavy atom. The maximum absolute atomic E-state index is 12.1. The molecule has 0 spiro atoms. The van der Waals surface area contributed by atoms with Crippen LogP contribution in [0.15, 0.2) is 24.3 Å². The van der Waals surface area contributed by atoms with Crippen LogP contribution < -0.4 is 15.0 Å². The quantitative estimate of drug-likeness (QED) is 0.880. The molecule has 124 valence electrons. The van der Waals surface area contributed by atoms with Crippen molar-refractivity contribution in [1.82, 2.24) is 10.2 Å². The lowest BCUT2D eigenvalue weighted by Crippen LogP contribution is -2.43. The lowest BCUT2D eigenvalue weighted by Gasteiger charge is -2.22. The van der Waals surface area contributed by atoms with Crippen molar-refractivity contribution in [3.8, 4) is 5.75 Å². The third-order valence-corrected chi connectivity index (χ3v) is 4.49. The van der Waals surface area contributed by atoms with Crippen LogP contribution in [0.2, 0.25) is 0 Å². The SMILES string of the molecule is COc1ccccc1N1CCC(NC(=O)CN2CCCC2=O)C1. The molecule has 2 aliphatic rings. The van der Waals surface area contributed by atoms with Crippen LogP contribution in [-0.4, -0.2) is 56.0 Å². The van der Waals surface area contributed by atoms with Crippen LogP contribution in [0.5, 0.6) is 5.75 Å². The molecule has 6 heteroatoms. The first-order chi connectivity index (χ1) is 11.2. The number of amides is 2.